The van der Waals surface area contributed by atoms with Crippen molar-refractivity contribution in [1.82, 2.24) is 4.90 Å². The number of hydrogen-bond donors (Lipinski definition) is 1. The molecule has 0 saturated heterocycles. The van der Waals surface area contributed by atoms with E-state index in [-0.39, 0.29) is 0 Å². The summed E-state index contributed by atoms with van der Waals surface area (Å²) in [5, 5.41) is 0. The monoisotopic (exact) mass is 252 g/mol. The second-order valence-electron chi connectivity index (χ2n) is 4.70. The molecule has 0 aliphatic rings. The first-order valence-electron chi connectivity index (χ1n) is 6.17. The maximum Gasteiger partial charge on any atom is 0.00693 e. The number of nitrogens with two attached hydrogens (primary N) is 1. The highest BCUT2D eigenvalue weighted by Gasteiger charge is 2.04. The van der Waals surface area contributed by atoms with Gasteiger partial charge >= 0.3 is 0 Å². The third kappa shape index (κ3) is 5.57. The van der Waals surface area contributed by atoms with E-state index in [1.54, 1.807) is 11.8 Å². The highest BCUT2D eigenvalue weighted by atomic mass is 32.2. The largest absolute Gasteiger partial charge is 0.330 e. The van der Waals surface area contributed by atoms with E-state index in [1.807, 2.05) is 0 Å². The molecule has 96 valence electrons. The third-order valence-corrected chi connectivity index (χ3v) is 3.71. The molecule has 1 aromatic carbocycles. The lowest BCUT2D eigenvalue weighted by Gasteiger charge is -2.20. The Morgan fingerprint density at radius 2 is 1.94 bits per heavy atom. The first kappa shape index (κ1) is 14.6. The van der Waals surface area contributed by atoms with Gasteiger partial charge < -0.3 is 10.6 Å². The molecule has 1 aromatic rings. The summed E-state index contributed by atoms with van der Waals surface area (Å²) in [6.45, 7) is 5.15. The lowest BCUT2D eigenvalue weighted by atomic mass is 10.1. The van der Waals surface area contributed by atoms with Gasteiger partial charge in [-0.3, -0.25) is 0 Å². The van der Waals surface area contributed by atoms with Crippen LogP contribution in [0.4, 0.5) is 0 Å². The van der Waals surface area contributed by atoms with Crippen molar-refractivity contribution in [3.8, 4) is 0 Å². The fourth-order valence-corrected chi connectivity index (χ4v) is 2.22. The summed E-state index contributed by atoms with van der Waals surface area (Å²) in [6, 6.07) is 8.85. The van der Waals surface area contributed by atoms with E-state index in [9.17, 15) is 0 Å². The molecular formula is C14H24N2S. The summed E-state index contributed by atoms with van der Waals surface area (Å²) in [5.41, 5.74) is 7.04. The van der Waals surface area contributed by atoms with E-state index in [0.717, 1.165) is 26.1 Å². The molecule has 0 aliphatic heterocycles. The molecule has 0 amide bonds. The van der Waals surface area contributed by atoms with Gasteiger partial charge in [0.25, 0.3) is 0 Å². The summed E-state index contributed by atoms with van der Waals surface area (Å²) in [6.07, 6.45) is 3.22. The van der Waals surface area contributed by atoms with Crippen molar-refractivity contribution >= 4 is 11.8 Å². The molecule has 1 atom stereocenters. The minimum atomic E-state index is 0.582. The van der Waals surface area contributed by atoms with Gasteiger partial charge in [-0.05, 0) is 49.9 Å². The van der Waals surface area contributed by atoms with Gasteiger partial charge in [0.15, 0.2) is 0 Å². The maximum atomic E-state index is 5.63. The second kappa shape index (κ2) is 7.75. The number of hydrogen-bond acceptors (Lipinski definition) is 3. The molecule has 2 nitrogen and oxygen atoms in total. The summed E-state index contributed by atoms with van der Waals surface area (Å²) in [7, 11) is 2.17. The minimum Gasteiger partial charge on any atom is -0.330 e. The predicted octanol–water partition coefficient (Wildman–Crippen LogP) is 2.48. The normalized spacial score (nSPS) is 13.0. The van der Waals surface area contributed by atoms with Crippen LogP contribution < -0.4 is 5.73 Å². The van der Waals surface area contributed by atoms with E-state index >= 15 is 0 Å². The topological polar surface area (TPSA) is 29.3 Å². The SMILES string of the molecule is CSc1ccc(CCN(C)CC(C)CN)cc1. The van der Waals surface area contributed by atoms with Crippen molar-refractivity contribution in [3.05, 3.63) is 29.8 Å². The van der Waals surface area contributed by atoms with Crippen LogP contribution in [0.15, 0.2) is 29.2 Å². The summed E-state index contributed by atoms with van der Waals surface area (Å²) < 4.78 is 0. The van der Waals surface area contributed by atoms with E-state index < -0.39 is 0 Å². The number of benzene rings is 1. The van der Waals surface area contributed by atoms with Crippen molar-refractivity contribution in [3.63, 3.8) is 0 Å². The van der Waals surface area contributed by atoms with Crippen LogP contribution in [0, 0.1) is 5.92 Å². The Kier molecular flexibility index (Phi) is 6.63. The molecule has 0 radical (unpaired) electrons. The van der Waals surface area contributed by atoms with Crippen LogP contribution in [0.25, 0.3) is 0 Å². The lowest BCUT2D eigenvalue weighted by Crippen LogP contribution is -2.29. The molecule has 0 saturated carbocycles. The number of rotatable bonds is 7. The Hall–Kier alpha value is -0.510. The third-order valence-electron chi connectivity index (χ3n) is 2.97. The Morgan fingerprint density at radius 3 is 2.47 bits per heavy atom. The number of likely N-dealkylation sites (N-methyl/N-ethyl adjacent to an activating group) is 1. The summed E-state index contributed by atoms with van der Waals surface area (Å²) in [4.78, 5) is 3.69. The molecule has 2 N–H and O–H groups in total. The van der Waals surface area contributed by atoms with Gasteiger partial charge in [0.2, 0.25) is 0 Å². The maximum absolute atomic E-state index is 5.63. The first-order chi connectivity index (χ1) is 8.15. The highest BCUT2D eigenvalue weighted by Crippen LogP contribution is 2.15. The molecule has 0 aliphatic carbocycles. The van der Waals surface area contributed by atoms with Gasteiger partial charge in [-0.1, -0.05) is 19.1 Å². The molecule has 0 fully saturated rings. The Balaban J connectivity index is 2.34. The van der Waals surface area contributed by atoms with E-state index in [1.165, 1.54) is 10.5 Å². The van der Waals surface area contributed by atoms with Gasteiger partial charge in [0.05, 0.1) is 0 Å². The molecule has 0 heterocycles. The zero-order chi connectivity index (χ0) is 12.7. The smallest absolute Gasteiger partial charge is 0.00693 e. The summed E-state index contributed by atoms with van der Waals surface area (Å²) >= 11 is 1.79. The van der Waals surface area contributed by atoms with Crippen LogP contribution in [-0.4, -0.2) is 37.8 Å². The Labute approximate surface area is 110 Å². The average molecular weight is 252 g/mol. The standard InChI is InChI=1S/C14H24N2S/c1-12(10-15)11-16(2)9-8-13-4-6-14(17-3)7-5-13/h4-7,12H,8-11,15H2,1-3H3. The predicted molar refractivity (Wildman–Crippen MR) is 77.6 cm³/mol. The lowest BCUT2D eigenvalue weighted by molar-refractivity contribution is 0.292. The van der Waals surface area contributed by atoms with E-state index in [2.05, 4.69) is 49.4 Å². The molecule has 0 spiro atoms. The Bertz CT molecular complexity index is 311. The second-order valence-corrected chi connectivity index (χ2v) is 5.58. The molecule has 3 heteroatoms. The van der Waals surface area contributed by atoms with Crippen LogP contribution in [0.5, 0.6) is 0 Å². The van der Waals surface area contributed by atoms with Gasteiger partial charge in [-0.2, -0.15) is 0 Å². The zero-order valence-electron chi connectivity index (χ0n) is 11.1. The van der Waals surface area contributed by atoms with Crippen LogP contribution in [0.2, 0.25) is 0 Å². The summed E-state index contributed by atoms with van der Waals surface area (Å²) in [5.74, 6) is 0.582. The Morgan fingerprint density at radius 1 is 1.29 bits per heavy atom. The van der Waals surface area contributed by atoms with Crippen LogP contribution >= 0.6 is 11.8 Å². The molecule has 1 unspecified atom stereocenters. The van der Waals surface area contributed by atoms with E-state index in [0.29, 0.717) is 5.92 Å². The van der Waals surface area contributed by atoms with Crippen molar-refractivity contribution in [1.29, 1.82) is 0 Å². The van der Waals surface area contributed by atoms with Crippen LogP contribution in [0.1, 0.15) is 12.5 Å². The van der Waals surface area contributed by atoms with Crippen molar-refractivity contribution in [2.24, 2.45) is 11.7 Å². The van der Waals surface area contributed by atoms with E-state index in [4.69, 9.17) is 5.73 Å². The average Bonchev–Trinajstić information content (AvgIpc) is 2.36. The number of thioether (sulfide) groups is 1. The van der Waals surface area contributed by atoms with Crippen molar-refractivity contribution < 1.29 is 0 Å². The van der Waals surface area contributed by atoms with Crippen LogP contribution in [0.3, 0.4) is 0 Å². The quantitative estimate of drug-likeness (QED) is 0.756. The minimum absolute atomic E-state index is 0.582. The van der Waals surface area contributed by atoms with Gasteiger partial charge in [0, 0.05) is 18.0 Å². The van der Waals surface area contributed by atoms with Gasteiger partial charge in [0.1, 0.15) is 0 Å². The molecular weight excluding hydrogens is 228 g/mol. The van der Waals surface area contributed by atoms with Crippen molar-refractivity contribution in [2.75, 3.05) is 32.9 Å². The molecule has 17 heavy (non-hydrogen) atoms. The zero-order valence-corrected chi connectivity index (χ0v) is 12.0. The molecule has 0 aromatic heterocycles. The van der Waals surface area contributed by atoms with Crippen molar-refractivity contribution in [2.45, 2.75) is 18.2 Å². The molecule has 1 rings (SSSR count). The molecule has 0 bridgehead atoms. The first-order valence-corrected chi connectivity index (χ1v) is 7.39. The van der Waals surface area contributed by atoms with Gasteiger partial charge in [-0.15, -0.1) is 11.8 Å². The van der Waals surface area contributed by atoms with Crippen LogP contribution in [-0.2, 0) is 6.42 Å². The fourth-order valence-electron chi connectivity index (χ4n) is 1.81. The number of nitrogens with zero attached hydrogens (tertiary/aromatic N) is 1. The fraction of sp³-hybridized carbons (Fsp3) is 0.571. The highest BCUT2D eigenvalue weighted by molar-refractivity contribution is 7.98. The van der Waals surface area contributed by atoms with Gasteiger partial charge in [-0.25, -0.2) is 0 Å².